The highest BCUT2D eigenvalue weighted by Crippen LogP contribution is 2.24. The average Bonchev–Trinajstić information content (AvgIpc) is 3.26. The van der Waals surface area contributed by atoms with Crippen molar-refractivity contribution in [1.29, 1.82) is 0 Å². The number of aryl methyl sites for hydroxylation is 3. The van der Waals surface area contributed by atoms with Crippen LogP contribution in [0.25, 0.3) is 11.1 Å². The molecule has 1 saturated heterocycles. The molecule has 2 aromatic heterocycles. The Hall–Kier alpha value is -2.92. The summed E-state index contributed by atoms with van der Waals surface area (Å²) in [6.45, 7) is 4.60. The molecule has 3 heterocycles. The zero-order chi connectivity index (χ0) is 22.2. The molecule has 1 aromatic carbocycles. The van der Waals surface area contributed by atoms with Crippen molar-refractivity contribution in [3.8, 4) is 0 Å². The Morgan fingerprint density at radius 3 is 2.52 bits per heavy atom. The Morgan fingerprint density at radius 2 is 1.84 bits per heavy atom. The Kier molecular flexibility index (Phi) is 5.71. The van der Waals surface area contributed by atoms with E-state index in [2.05, 4.69) is 5.16 Å². The van der Waals surface area contributed by atoms with Gasteiger partial charge in [-0.2, -0.15) is 4.31 Å². The van der Waals surface area contributed by atoms with Gasteiger partial charge in [-0.15, -0.1) is 0 Å². The van der Waals surface area contributed by atoms with E-state index in [0.717, 1.165) is 0 Å². The normalized spacial score (nSPS) is 15.6. The van der Waals surface area contributed by atoms with Crippen LogP contribution in [0.15, 0.2) is 42.9 Å². The molecule has 10 nitrogen and oxygen atoms in total. The van der Waals surface area contributed by atoms with Crippen molar-refractivity contribution in [1.82, 2.24) is 18.9 Å². The topological polar surface area (TPSA) is 119 Å². The second-order valence-corrected chi connectivity index (χ2v) is 9.40. The molecule has 0 spiro atoms. The van der Waals surface area contributed by atoms with Crippen LogP contribution in [-0.4, -0.2) is 59.4 Å². The predicted molar refractivity (Wildman–Crippen MR) is 111 cm³/mol. The molecule has 0 aliphatic carbocycles. The van der Waals surface area contributed by atoms with E-state index in [1.807, 2.05) is 6.07 Å². The van der Waals surface area contributed by atoms with Crippen LogP contribution >= 0.6 is 0 Å². The predicted octanol–water partition coefficient (Wildman–Crippen LogP) is 1.51. The maximum Gasteiger partial charge on any atom is 0.419 e. The molecule has 1 aliphatic heterocycles. The number of benzene rings is 1. The first-order valence-corrected chi connectivity index (χ1v) is 11.5. The molecule has 0 N–H and O–H groups in total. The molecule has 4 rings (SSSR count). The quantitative estimate of drug-likeness (QED) is 0.561. The van der Waals surface area contributed by atoms with Crippen molar-refractivity contribution in [3.63, 3.8) is 0 Å². The van der Waals surface area contributed by atoms with Crippen LogP contribution in [-0.2, 0) is 21.4 Å². The number of carbonyl (C=O) groups excluding carboxylic acids is 1. The van der Waals surface area contributed by atoms with Crippen LogP contribution in [0.4, 0.5) is 0 Å². The summed E-state index contributed by atoms with van der Waals surface area (Å²) in [5.74, 6) is -0.236. The van der Waals surface area contributed by atoms with E-state index >= 15 is 0 Å². The Balaban J connectivity index is 1.32. The van der Waals surface area contributed by atoms with Crippen molar-refractivity contribution in [2.45, 2.75) is 38.1 Å². The van der Waals surface area contributed by atoms with E-state index in [9.17, 15) is 18.0 Å². The summed E-state index contributed by atoms with van der Waals surface area (Å²) in [7, 11) is -3.71. The average molecular weight is 449 g/mol. The molecule has 0 atom stereocenters. The third-order valence-corrected chi connectivity index (χ3v) is 7.65. The Morgan fingerprint density at radius 1 is 1.13 bits per heavy atom. The number of hydrogen-bond acceptors (Lipinski definition) is 7. The fourth-order valence-electron chi connectivity index (χ4n) is 3.92. The van der Waals surface area contributed by atoms with E-state index in [1.54, 1.807) is 36.9 Å². The van der Waals surface area contributed by atoms with Gasteiger partial charge in [0.15, 0.2) is 11.3 Å². The number of aromatic nitrogens is 2. The molecule has 0 radical (unpaired) electrons. The summed E-state index contributed by atoms with van der Waals surface area (Å²) in [5, 5.41) is 3.72. The van der Waals surface area contributed by atoms with Gasteiger partial charge in [0.05, 0.1) is 5.52 Å². The van der Waals surface area contributed by atoms with Gasteiger partial charge < -0.3 is 13.8 Å². The maximum absolute atomic E-state index is 12.9. The zero-order valence-electron chi connectivity index (χ0n) is 17.4. The first kappa shape index (κ1) is 21.3. The molecular formula is C20H24N4O6S. The molecular weight excluding hydrogens is 424 g/mol. The highest BCUT2D eigenvalue weighted by Gasteiger charge is 2.34. The number of sulfonamides is 1. The van der Waals surface area contributed by atoms with Gasteiger partial charge in [0.2, 0.25) is 15.9 Å². The van der Waals surface area contributed by atoms with Gasteiger partial charge >= 0.3 is 5.76 Å². The van der Waals surface area contributed by atoms with Gasteiger partial charge in [-0.3, -0.25) is 9.36 Å². The lowest BCUT2D eigenvalue weighted by atomic mass is 10.2. The minimum Gasteiger partial charge on any atom is -0.408 e. The molecule has 0 bridgehead atoms. The lowest BCUT2D eigenvalue weighted by Gasteiger charge is -2.34. The number of hydrogen-bond donors (Lipinski definition) is 0. The van der Waals surface area contributed by atoms with Crippen molar-refractivity contribution < 1.29 is 22.2 Å². The molecule has 166 valence electrons. The number of rotatable bonds is 6. The van der Waals surface area contributed by atoms with Gasteiger partial charge in [0.25, 0.3) is 0 Å². The number of piperazine rings is 1. The van der Waals surface area contributed by atoms with Crippen LogP contribution in [0.5, 0.6) is 0 Å². The van der Waals surface area contributed by atoms with Crippen molar-refractivity contribution >= 4 is 27.0 Å². The second kappa shape index (κ2) is 8.31. The molecule has 1 amide bonds. The highest BCUT2D eigenvalue weighted by molar-refractivity contribution is 7.89. The molecule has 31 heavy (non-hydrogen) atoms. The monoisotopic (exact) mass is 448 g/mol. The molecule has 3 aromatic rings. The lowest BCUT2D eigenvalue weighted by molar-refractivity contribution is -0.132. The summed E-state index contributed by atoms with van der Waals surface area (Å²) < 4.78 is 38.9. The van der Waals surface area contributed by atoms with E-state index in [-0.39, 0.29) is 36.1 Å². The van der Waals surface area contributed by atoms with Crippen LogP contribution in [0.2, 0.25) is 0 Å². The number of amides is 1. The van der Waals surface area contributed by atoms with Crippen molar-refractivity contribution in [3.05, 3.63) is 46.3 Å². The molecule has 1 fully saturated rings. The summed E-state index contributed by atoms with van der Waals surface area (Å²) >= 11 is 0. The first-order valence-electron chi connectivity index (χ1n) is 10.1. The molecule has 0 saturated carbocycles. The fraction of sp³-hybridized carbons (Fsp3) is 0.450. The van der Waals surface area contributed by atoms with E-state index in [0.29, 0.717) is 42.8 Å². The minimum atomic E-state index is -3.71. The minimum absolute atomic E-state index is 0.0600. The Bertz CT molecular complexity index is 1240. The lowest BCUT2D eigenvalue weighted by Crippen LogP contribution is -2.50. The number of para-hydroxylation sites is 2. The van der Waals surface area contributed by atoms with Crippen LogP contribution in [0, 0.1) is 13.8 Å². The van der Waals surface area contributed by atoms with E-state index in [4.69, 9.17) is 8.94 Å². The van der Waals surface area contributed by atoms with Gasteiger partial charge in [-0.1, -0.05) is 17.3 Å². The number of oxazole rings is 1. The fourth-order valence-corrected chi connectivity index (χ4v) is 5.64. The van der Waals surface area contributed by atoms with Crippen molar-refractivity contribution in [2.75, 3.05) is 26.2 Å². The van der Waals surface area contributed by atoms with Gasteiger partial charge in [-0.05, 0) is 32.4 Å². The third kappa shape index (κ3) is 4.02. The molecule has 1 aliphatic rings. The first-order chi connectivity index (χ1) is 14.8. The van der Waals surface area contributed by atoms with E-state index in [1.165, 1.54) is 8.87 Å². The summed E-state index contributed by atoms with van der Waals surface area (Å²) in [4.78, 5) is 26.4. The second-order valence-electron chi connectivity index (χ2n) is 7.53. The number of nitrogens with zero attached hydrogens (tertiary/aromatic N) is 4. The Labute approximate surface area is 179 Å². The summed E-state index contributed by atoms with van der Waals surface area (Å²) in [6, 6.07) is 7.16. The molecule has 0 unspecified atom stereocenters. The van der Waals surface area contributed by atoms with Crippen LogP contribution in [0.1, 0.15) is 24.3 Å². The smallest absolute Gasteiger partial charge is 0.408 e. The SMILES string of the molecule is Cc1noc(C)c1S(=O)(=O)N1CCN(C(=O)CCCn2c(=O)oc3ccccc32)CC1. The number of carbonyl (C=O) groups is 1. The standard InChI is InChI=1S/C20H24N4O6S/c1-14-19(15(2)30-21-14)31(27,28)23-12-10-22(11-13-23)18(25)8-5-9-24-16-6-3-4-7-17(16)29-20(24)26/h3-4,6-7H,5,8-13H2,1-2H3. The van der Waals surface area contributed by atoms with Gasteiger partial charge in [0, 0.05) is 39.1 Å². The summed E-state index contributed by atoms with van der Waals surface area (Å²) in [5.41, 5.74) is 1.56. The zero-order valence-corrected chi connectivity index (χ0v) is 18.2. The maximum atomic E-state index is 12.9. The molecule has 11 heteroatoms. The number of fused-ring (bicyclic) bond motifs is 1. The van der Waals surface area contributed by atoms with Crippen molar-refractivity contribution in [2.24, 2.45) is 0 Å². The summed E-state index contributed by atoms with van der Waals surface area (Å²) in [6.07, 6.45) is 0.752. The van der Waals surface area contributed by atoms with Crippen LogP contribution < -0.4 is 5.76 Å². The van der Waals surface area contributed by atoms with E-state index < -0.39 is 15.8 Å². The largest absolute Gasteiger partial charge is 0.419 e. The van der Waals surface area contributed by atoms with Gasteiger partial charge in [0.1, 0.15) is 10.6 Å². The van der Waals surface area contributed by atoms with Gasteiger partial charge in [-0.25, -0.2) is 13.2 Å². The highest BCUT2D eigenvalue weighted by atomic mass is 32.2. The van der Waals surface area contributed by atoms with Crippen LogP contribution in [0.3, 0.4) is 0 Å². The third-order valence-electron chi connectivity index (χ3n) is 5.50.